The van der Waals surface area contributed by atoms with Crippen molar-refractivity contribution in [3.05, 3.63) is 83.7 Å². The van der Waals surface area contributed by atoms with E-state index >= 15 is 0 Å². The first-order chi connectivity index (χ1) is 14.1. The van der Waals surface area contributed by atoms with E-state index in [9.17, 15) is 19.4 Å². The molecule has 4 unspecified atom stereocenters. The fourth-order valence-electron chi connectivity index (χ4n) is 3.94. The van der Waals surface area contributed by atoms with E-state index in [1.54, 1.807) is 45.0 Å². The van der Waals surface area contributed by atoms with Crippen LogP contribution >= 0.6 is 0 Å². The molecule has 0 radical (unpaired) electrons. The molecule has 0 bridgehead atoms. The van der Waals surface area contributed by atoms with Gasteiger partial charge in [0.1, 0.15) is 11.4 Å². The second-order valence-corrected chi connectivity index (χ2v) is 7.70. The Kier molecular flexibility index (Phi) is 7.42. The van der Waals surface area contributed by atoms with Gasteiger partial charge in [0.15, 0.2) is 0 Å². The molecule has 0 aromatic heterocycles. The van der Waals surface area contributed by atoms with E-state index in [2.05, 4.69) is 12.5 Å². The first-order valence-corrected chi connectivity index (χ1v) is 9.77. The molecule has 0 aliphatic carbocycles. The lowest BCUT2D eigenvalue weighted by molar-refractivity contribution is -0.0444. The van der Waals surface area contributed by atoms with Crippen LogP contribution in [0, 0.1) is 24.1 Å². The fourth-order valence-corrected chi connectivity index (χ4v) is 3.94. The Morgan fingerprint density at radius 2 is 1.77 bits per heavy atom. The number of carbonyl (C=O) groups is 1. The number of amides is 1. The Morgan fingerprint density at radius 3 is 2.23 bits per heavy atom. The summed E-state index contributed by atoms with van der Waals surface area (Å²) >= 11 is 0. The number of halogens is 1. The molecule has 5 heteroatoms. The maximum Gasteiger partial charge on any atom is 0.408 e. The van der Waals surface area contributed by atoms with Crippen LogP contribution in [-0.2, 0) is 5.60 Å². The van der Waals surface area contributed by atoms with Gasteiger partial charge in [0, 0.05) is 18.4 Å². The molecule has 0 aliphatic heterocycles. The van der Waals surface area contributed by atoms with E-state index in [0.717, 1.165) is 4.90 Å². The largest absolute Gasteiger partial charge is 0.465 e. The van der Waals surface area contributed by atoms with Crippen molar-refractivity contribution in [1.82, 2.24) is 4.90 Å². The Bertz CT molecular complexity index is 920. The lowest BCUT2D eigenvalue weighted by atomic mass is 9.67. The van der Waals surface area contributed by atoms with Crippen LogP contribution in [0.5, 0.6) is 0 Å². The van der Waals surface area contributed by atoms with Crippen molar-refractivity contribution in [2.24, 2.45) is 5.92 Å². The molecule has 2 aromatic carbocycles. The van der Waals surface area contributed by atoms with E-state index in [0.29, 0.717) is 16.7 Å². The third-order valence-corrected chi connectivity index (χ3v) is 5.55. The number of hydrogen-bond donors (Lipinski definition) is 2. The molecule has 0 saturated heterocycles. The van der Waals surface area contributed by atoms with Crippen LogP contribution < -0.4 is 0 Å². The Labute approximate surface area is 177 Å². The van der Waals surface area contributed by atoms with Crippen LogP contribution in [-0.4, -0.2) is 33.8 Å². The minimum absolute atomic E-state index is 0.0110. The van der Waals surface area contributed by atoms with Gasteiger partial charge >= 0.3 is 6.09 Å². The smallest absolute Gasteiger partial charge is 0.408 e. The predicted octanol–water partition coefficient (Wildman–Crippen LogP) is 5.01. The van der Waals surface area contributed by atoms with E-state index in [1.165, 1.54) is 12.1 Å². The summed E-state index contributed by atoms with van der Waals surface area (Å²) in [6.07, 6.45) is 4.30. The molecule has 0 heterocycles. The molecule has 4 nitrogen and oxygen atoms in total. The maximum atomic E-state index is 13.5. The SMILES string of the molecule is C#CC(C)N(CC(C)C(O)(c1ccccc1)C(C(=C)C)c1ccc(F)cc1)C(=O)O. The molecule has 0 saturated carbocycles. The lowest BCUT2D eigenvalue weighted by Crippen LogP contribution is -2.48. The van der Waals surface area contributed by atoms with Gasteiger partial charge in [-0.2, -0.15) is 0 Å². The van der Waals surface area contributed by atoms with E-state index < -0.39 is 29.6 Å². The molecule has 0 aliphatic rings. The zero-order valence-electron chi connectivity index (χ0n) is 17.5. The second-order valence-electron chi connectivity index (χ2n) is 7.70. The molecule has 30 heavy (non-hydrogen) atoms. The van der Waals surface area contributed by atoms with Crippen molar-refractivity contribution >= 4 is 6.09 Å². The zero-order chi connectivity index (χ0) is 22.5. The molecule has 158 valence electrons. The molecular formula is C25H28FNO3. The first-order valence-electron chi connectivity index (χ1n) is 9.77. The molecule has 2 aromatic rings. The van der Waals surface area contributed by atoms with Crippen molar-refractivity contribution in [2.45, 2.75) is 38.3 Å². The number of benzene rings is 2. The van der Waals surface area contributed by atoms with Gasteiger partial charge in [0.25, 0.3) is 0 Å². The van der Waals surface area contributed by atoms with Gasteiger partial charge in [-0.1, -0.05) is 67.5 Å². The Balaban J connectivity index is 2.62. The van der Waals surface area contributed by atoms with E-state index in [4.69, 9.17) is 6.42 Å². The maximum absolute atomic E-state index is 13.5. The second kappa shape index (κ2) is 9.60. The van der Waals surface area contributed by atoms with Gasteiger partial charge in [0.2, 0.25) is 0 Å². The summed E-state index contributed by atoms with van der Waals surface area (Å²) in [5.74, 6) is 0.910. The number of terminal acetylenes is 1. The van der Waals surface area contributed by atoms with Gasteiger partial charge in [-0.25, -0.2) is 9.18 Å². The summed E-state index contributed by atoms with van der Waals surface area (Å²) in [7, 11) is 0. The van der Waals surface area contributed by atoms with Crippen molar-refractivity contribution < 1.29 is 19.4 Å². The molecular weight excluding hydrogens is 381 g/mol. The number of hydrogen-bond acceptors (Lipinski definition) is 2. The normalized spacial score (nSPS) is 15.9. The average molecular weight is 410 g/mol. The monoisotopic (exact) mass is 409 g/mol. The summed E-state index contributed by atoms with van der Waals surface area (Å²) in [6, 6.07) is 14.3. The average Bonchev–Trinajstić information content (AvgIpc) is 2.72. The third kappa shape index (κ3) is 4.72. The highest BCUT2D eigenvalue weighted by atomic mass is 19.1. The minimum atomic E-state index is -1.51. The lowest BCUT2D eigenvalue weighted by Gasteiger charge is -2.44. The number of nitrogens with zero attached hydrogens (tertiary/aromatic N) is 1. The molecule has 2 rings (SSSR count). The fraction of sp³-hybridized carbons (Fsp3) is 0.320. The third-order valence-electron chi connectivity index (χ3n) is 5.55. The van der Waals surface area contributed by atoms with Crippen LogP contribution in [0.25, 0.3) is 0 Å². The summed E-state index contributed by atoms with van der Waals surface area (Å²) in [5, 5.41) is 21.8. The number of carboxylic acid groups (broad SMARTS) is 1. The standard InChI is InChI=1S/C25H28FNO3/c1-6-19(5)27(24(28)29)16-18(4)25(30,21-10-8-7-9-11-21)23(17(2)3)20-12-14-22(26)15-13-20/h1,7-15,18-19,23,30H,2,16H2,3-5H3,(H,28,29). The summed E-state index contributed by atoms with van der Waals surface area (Å²) < 4.78 is 13.5. The Hall–Kier alpha value is -3.10. The van der Waals surface area contributed by atoms with E-state index in [-0.39, 0.29) is 12.4 Å². The first kappa shape index (κ1) is 23.2. The van der Waals surface area contributed by atoms with Crippen LogP contribution in [0.15, 0.2) is 66.7 Å². The molecule has 4 atom stereocenters. The minimum Gasteiger partial charge on any atom is -0.465 e. The zero-order valence-corrected chi connectivity index (χ0v) is 17.5. The topological polar surface area (TPSA) is 60.8 Å². The number of rotatable bonds is 8. The van der Waals surface area contributed by atoms with Crippen molar-refractivity contribution in [1.29, 1.82) is 0 Å². The van der Waals surface area contributed by atoms with Gasteiger partial charge in [0.05, 0.1) is 6.04 Å². The van der Waals surface area contributed by atoms with Crippen LogP contribution in [0.3, 0.4) is 0 Å². The van der Waals surface area contributed by atoms with Gasteiger partial charge in [-0.15, -0.1) is 6.42 Å². The quantitative estimate of drug-likeness (QED) is 0.476. The van der Waals surface area contributed by atoms with Crippen LogP contribution in [0.2, 0.25) is 0 Å². The van der Waals surface area contributed by atoms with E-state index in [1.807, 2.05) is 18.2 Å². The van der Waals surface area contributed by atoms with Crippen molar-refractivity contribution in [3.8, 4) is 12.3 Å². The highest BCUT2D eigenvalue weighted by Gasteiger charge is 2.45. The van der Waals surface area contributed by atoms with Gasteiger partial charge in [-0.3, -0.25) is 4.90 Å². The Morgan fingerprint density at radius 1 is 1.20 bits per heavy atom. The summed E-state index contributed by atoms with van der Waals surface area (Å²) in [5.41, 5.74) is 0.474. The highest BCUT2D eigenvalue weighted by Crippen LogP contribution is 2.46. The molecule has 2 N–H and O–H groups in total. The van der Waals surface area contributed by atoms with Gasteiger partial charge < -0.3 is 10.2 Å². The molecule has 0 fully saturated rings. The van der Waals surface area contributed by atoms with Crippen molar-refractivity contribution in [2.75, 3.05) is 6.54 Å². The predicted molar refractivity (Wildman–Crippen MR) is 116 cm³/mol. The van der Waals surface area contributed by atoms with Gasteiger partial charge in [-0.05, 0) is 37.1 Å². The summed E-state index contributed by atoms with van der Waals surface area (Å²) in [4.78, 5) is 12.9. The van der Waals surface area contributed by atoms with Crippen LogP contribution in [0.4, 0.5) is 9.18 Å². The summed E-state index contributed by atoms with van der Waals surface area (Å²) in [6.45, 7) is 9.30. The molecule has 0 spiro atoms. The highest BCUT2D eigenvalue weighted by molar-refractivity contribution is 5.66. The van der Waals surface area contributed by atoms with Crippen molar-refractivity contribution in [3.63, 3.8) is 0 Å². The molecule has 1 amide bonds. The number of aliphatic hydroxyl groups is 1. The van der Waals surface area contributed by atoms with Crippen LogP contribution in [0.1, 0.15) is 37.8 Å².